The average molecular weight is 1080 g/mol. The van der Waals surface area contributed by atoms with Gasteiger partial charge in [-0.05, 0) is 124 Å². The van der Waals surface area contributed by atoms with Gasteiger partial charge in [0.15, 0.2) is 25.2 Å². The quantitative estimate of drug-likeness (QED) is 0.0651. The molecule has 29 atom stereocenters. The Balaban J connectivity index is 1.01. The Labute approximate surface area is 439 Å². The molecule has 8 fully saturated rings. The molecule has 0 amide bonds. The smallest absolute Gasteiger partial charge is 0.187 e. The van der Waals surface area contributed by atoms with Gasteiger partial charge in [-0.3, -0.25) is 0 Å². The van der Waals surface area contributed by atoms with Gasteiger partial charge >= 0.3 is 0 Å². The summed E-state index contributed by atoms with van der Waals surface area (Å²) < 4.78 is 48.8. The van der Waals surface area contributed by atoms with E-state index < -0.39 is 165 Å². The molecule has 4 saturated carbocycles. The first-order valence-electron chi connectivity index (χ1n) is 27.3. The zero-order chi connectivity index (χ0) is 55.1. The first kappa shape index (κ1) is 60.0. The van der Waals surface area contributed by atoms with E-state index in [9.17, 15) is 71.5 Å². The Bertz CT molecular complexity index is 1940. The molecule has 434 valence electrons. The molecule has 8 rings (SSSR count). The summed E-state index contributed by atoms with van der Waals surface area (Å²) in [6.45, 7) is 15.1. The van der Waals surface area contributed by atoms with Crippen LogP contribution in [0.25, 0.3) is 0 Å². The lowest BCUT2D eigenvalue weighted by atomic mass is 9.35. The second-order valence-electron chi connectivity index (χ2n) is 25.3. The maximum absolute atomic E-state index is 12.8. The Morgan fingerprint density at radius 3 is 1.80 bits per heavy atom. The molecule has 0 aromatic heterocycles. The van der Waals surface area contributed by atoms with Crippen molar-refractivity contribution < 1.29 is 109 Å². The Morgan fingerprint density at radius 1 is 0.587 bits per heavy atom. The van der Waals surface area contributed by atoms with Crippen molar-refractivity contribution in [3.8, 4) is 0 Å². The Kier molecular flexibility index (Phi) is 18.1. The van der Waals surface area contributed by atoms with E-state index in [1.165, 1.54) is 0 Å². The Morgan fingerprint density at radius 2 is 1.16 bits per heavy atom. The summed E-state index contributed by atoms with van der Waals surface area (Å²) >= 11 is 0. The average Bonchev–Trinajstić information content (AvgIpc) is 3.75. The number of hydrogen-bond donors (Lipinski definition) is 14. The van der Waals surface area contributed by atoms with Crippen LogP contribution in [-0.4, -0.2) is 232 Å². The lowest BCUT2D eigenvalue weighted by molar-refractivity contribution is -0.378. The molecule has 0 spiro atoms. The number of aliphatic hydroxyl groups excluding tert-OH is 14. The second kappa shape index (κ2) is 22.7. The number of allylic oxidation sites excluding steroid dienone is 2. The van der Waals surface area contributed by atoms with Gasteiger partial charge in [0.25, 0.3) is 0 Å². The van der Waals surface area contributed by atoms with Crippen LogP contribution < -0.4 is 0 Å². The third-order valence-corrected chi connectivity index (χ3v) is 20.5. The third-order valence-electron chi connectivity index (χ3n) is 20.5. The molecule has 4 aliphatic carbocycles. The van der Waals surface area contributed by atoms with Crippen LogP contribution in [0.3, 0.4) is 0 Å². The first-order valence-corrected chi connectivity index (χ1v) is 27.3. The van der Waals surface area contributed by atoms with Crippen molar-refractivity contribution in [3.05, 3.63) is 11.6 Å². The third kappa shape index (κ3) is 10.6. The highest BCUT2D eigenvalue weighted by Crippen LogP contribution is 2.76. The van der Waals surface area contributed by atoms with Crippen molar-refractivity contribution in [2.45, 2.75) is 248 Å². The molecule has 0 aromatic carbocycles. The van der Waals surface area contributed by atoms with Crippen molar-refractivity contribution in [2.75, 3.05) is 26.4 Å². The van der Waals surface area contributed by atoms with Gasteiger partial charge in [0.2, 0.25) is 0 Å². The van der Waals surface area contributed by atoms with E-state index in [2.05, 4.69) is 40.7 Å². The van der Waals surface area contributed by atoms with E-state index in [0.29, 0.717) is 38.5 Å². The van der Waals surface area contributed by atoms with E-state index in [0.717, 1.165) is 24.8 Å². The highest BCUT2D eigenvalue weighted by atomic mass is 16.8. The standard InChI is InChI=1S/C53H90O22/c1-23(2)10-9-14-53(8,75-47-43(67)39(63)37(61)29(72-47)22-69-45-41(65)34(58)26(57)21-68-45)24-11-16-52(7)33(24)25(56)18-31-50(5)15-13-32(49(3,4)30(50)12-17-51(31,52)6)73-48-44(40(64)36(60)28(20-55)71-48)74-46-42(66)38(62)35(59)27(19-54)70-46/h10,24-48,54-67H,9,11-22H2,1-8H3/t24-,25+,26+,27-,28+,29+,30+,31+,32-,33-,34-,35-,36+,37-,38-,39+,40-,41+,42+,43-,44-,45-,46+,47-,48+,50-,51+,52-,53+/m1/s1. The first-order chi connectivity index (χ1) is 35.1. The predicted molar refractivity (Wildman–Crippen MR) is 260 cm³/mol. The number of aliphatic hydroxyl groups is 14. The molecule has 22 nitrogen and oxygen atoms in total. The molecule has 4 saturated heterocycles. The van der Waals surface area contributed by atoms with Crippen LogP contribution in [0.1, 0.15) is 113 Å². The van der Waals surface area contributed by atoms with Gasteiger partial charge in [-0.15, -0.1) is 0 Å². The summed E-state index contributed by atoms with van der Waals surface area (Å²) in [6.07, 6.45) is -22.6. The van der Waals surface area contributed by atoms with Crippen LogP contribution in [0.2, 0.25) is 0 Å². The lowest BCUT2D eigenvalue weighted by Gasteiger charge is -2.71. The summed E-state index contributed by atoms with van der Waals surface area (Å²) in [5.74, 6) is -0.395. The molecular weight excluding hydrogens is 989 g/mol. The molecule has 8 aliphatic rings. The van der Waals surface area contributed by atoms with Crippen LogP contribution in [0.5, 0.6) is 0 Å². The van der Waals surface area contributed by atoms with E-state index in [4.69, 9.17) is 37.9 Å². The van der Waals surface area contributed by atoms with Gasteiger partial charge in [0.1, 0.15) is 91.6 Å². The Hall–Kier alpha value is -1.14. The molecule has 0 aromatic rings. The van der Waals surface area contributed by atoms with Gasteiger partial charge in [-0.25, -0.2) is 0 Å². The van der Waals surface area contributed by atoms with E-state index in [1.54, 1.807) is 0 Å². The number of fused-ring (bicyclic) bond motifs is 5. The normalized spacial score (nSPS) is 52.7. The molecule has 14 N–H and O–H groups in total. The number of hydrogen-bond acceptors (Lipinski definition) is 22. The highest BCUT2D eigenvalue weighted by Gasteiger charge is 2.72. The number of ether oxygens (including phenoxy) is 8. The summed E-state index contributed by atoms with van der Waals surface area (Å²) in [5, 5.41) is 151. The number of rotatable bonds is 15. The molecule has 0 unspecified atom stereocenters. The minimum absolute atomic E-state index is 0.0508. The fourth-order valence-electron chi connectivity index (χ4n) is 16.0. The molecule has 22 heteroatoms. The van der Waals surface area contributed by atoms with Crippen molar-refractivity contribution in [2.24, 2.45) is 45.3 Å². The lowest BCUT2D eigenvalue weighted by Crippen LogP contribution is -2.68. The van der Waals surface area contributed by atoms with Crippen molar-refractivity contribution in [1.29, 1.82) is 0 Å². The van der Waals surface area contributed by atoms with Crippen LogP contribution in [0.15, 0.2) is 11.6 Å². The van der Waals surface area contributed by atoms with Crippen molar-refractivity contribution in [3.63, 3.8) is 0 Å². The minimum atomic E-state index is -1.81. The fraction of sp³-hybridized carbons (Fsp3) is 0.962. The summed E-state index contributed by atoms with van der Waals surface area (Å²) in [4.78, 5) is 0. The maximum Gasteiger partial charge on any atom is 0.187 e. The largest absolute Gasteiger partial charge is 0.394 e. The fourth-order valence-corrected chi connectivity index (χ4v) is 16.0. The topological polar surface area (TPSA) is 357 Å². The van der Waals surface area contributed by atoms with Gasteiger partial charge in [-0.1, -0.05) is 46.3 Å². The zero-order valence-electron chi connectivity index (χ0n) is 44.7. The summed E-state index contributed by atoms with van der Waals surface area (Å²) in [6, 6.07) is 0. The van der Waals surface area contributed by atoms with E-state index in [1.807, 2.05) is 20.8 Å². The van der Waals surface area contributed by atoms with Gasteiger partial charge in [0.05, 0.1) is 44.2 Å². The van der Waals surface area contributed by atoms with E-state index >= 15 is 0 Å². The van der Waals surface area contributed by atoms with Crippen molar-refractivity contribution in [1.82, 2.24) is 0 Å². The predicted octanol–water partition coefficient (Wildman–Crippen LogP) is -1.56. The molecule has 0 bridgehead atoms. The zero-order valence-corrected chi connectivity index (χ0v) is 44.7. The highest BCUT2D eigenvalue weighted by molar-refractivity contribution is 5.20. The minimum Gasteiger partial charge on any atom is -0.394 e. The SMILES string of the molecule is CC(C)=CCC[C@](C)(O[C@H]1O[C@@H](CO[C@H]2OC[C@H](O)[C@@H](O)[C@@H]2O)[C@@H](O)[C@H](O)[C@H]1O)[C@@H]1CC[C@]2(C)[C@H]1[C@@H](O)C[C@H]1[C@]3(C)CC[C@@H](O[C@@H]4O[C@@H](CO)[C@H](O)[C@@H](O)[C@H]4O[C@@H]4O[C@H](CO)[C@@H](O)[C@@H](O)[C@@H]4O)C(C)(C)[C@@H]3CC[C@@]12C. The van der Waals surface area contributed by atoms with Crippen LogP contribution in [0, 0.1) is 45.3 Å². The van der Waals surface area contributed by atoms with Gasteiger partial charge < -0.3 is 109 Å². The second-order valence-corrected chi connectivity index (χ2v) is 25.3. The van der Waals surface area contributed by atoms with Crippen LogP contribution >= 0.6 is 0 Å². The molecule has 75 heavy (non-hydrogen) atoms. The summed E-state index contributed by atoms with van der Waals surface area (Å²) in [7, 11) is 0. The molecule has 4 aliphatic heterocycles. The van der Waals surface area contributed by atoms with Gasteiger partial charge in [0, 0.05) is 0 Å². The van der Waals surface area contributed by atoms with Crippen LogP contribution in [0.4, 0.5) is 0 Å². The van der Waals surface area contributed by atoms with Crippen LogP contribution in [-0.2, 0) is 37.9 Å². The molecule has 0 radical (unpaired) electrons. The maximum atomic E-state index is 12.8. The molecular formula is C53H90O22. The molecule has 4 heterocycles. The van der Waals surface area contributed by atoms with Gasteiger partial charge in [-0.2, -0.15) is 0 Å². The summed E-state index contributed by atoms with van der Waals surface area (Å²) in [5.41, 5.74) is -1.48. The monoisotopic (exact) mass is 1080 g/mol. The van der Waals surface area contributed by atoms with E-state index in [-0.39, 0.29) is 41.1 Å². The van der Waals surface area contributed by atoms with Crippen molar-refractivity contribution >= 4 is 0 Å².